The molecule has 43 heavy (non-hydrogen) atoms. The molecule has 0 unspecified atom stereocenters. The van der Waals surface area contributed by atoms with Gasteiger partial charge in [0.25, 0.3) is 5.56 Å². The first-order chi connectivity index (χ1) is 20.9. The molecule has 10 heteroatoms. The van der Waals surface area contributed by atoms with Crippen molar-refractivity contribution in [2.45, 2.75) is 26.5 Å². The third-order valence-electron chi connectivity index (χ3n) is 7.13. The van der Waals surface area contributed by atoms with Crippen molar-refractivity contribution in [3.8, 4) is 11.5 Å². The second kappa shape index (κ2) is 12.5. The third-order valence-corrected chi connectivity index (χ3v) is 9.84. The lowest BCUT2D eigenvalue weighted by Crippen LogP contribution is -2.39. The van der Waals surface area contributed by atoms with E-state index in [1.54, 1.807) is 25.5 Å². The predicted octanol–water partition coefficient (Wildman–Crippen LogP) is 6.21. The monoisotopic (exact) mass is 722 g/mol. The molecule has 3 aromatic carbocycles. The molecule has 0 fully saturated rings. The van der Waals surface area contributed by atoms with Gasteiger partial charge in [-0.25, -0.2) is 9.79 Å². The number of rotatable bonds is 8. The van der Waals surface area contributed by atoms with Gasteiger partial charge in [-0.2, -0.15) is 0 Å². The van der Waals surface area contributed by atoms with Crippen LogP contribution in [0.4, 0.5) is 0 Å². The molecule has 1 aliphatic rings. The zero-order valence-electron chi connectivity index (χ0n) is 23.6. The summed E-state index contributed by atoms with van der Waals surface area (Å²) in [5, 5.41) is 4.24. The minimum absolute atomic E-state index is 0.221. The molecule has 0 radical (unpaired) electrons. The van der Waals surface area contributed by atoms with Crippen LogP contribution in [0.25, 0.3) is 16.8 Å². The molecular formula is C33H27IN2O5S2. The van der Waals surface area contributed by atoms with Crippen molar-refractivity contribution < 1.29 is 19.0 Å². The lowest BCUT2D eigenvalue weighted by molar-refractivity contribution is -0.139. The van der Waals surface area contributed by atoms with Gasteiger partial charge in [-0.05, 0) is 88.0 Å². The van der Waals surface area contributed by atoms with E-state index in [2.05, 4.69) is 51.8 Å². The Morgan fingerprint density at radius 3 is 2.70 bits per heavy atom. The largest absolute Gasteiger partial charge is 0.493 e. The van der Waals surface area contributed by atoms with Crippen molar-refractivity contribution in [3.63, 3.8) is 0 Å². The topological polar surface area (TPSA) is 79.1 Å². The van der Waals surface area contributed by atoms with Crippen molar-refractivity contribution >= 4 is 68.1 Å². The molecule has 0 saturated carbocycles. The van der Waals surface area contributed by atoms with E-state index in [1.165, 1.54) is 22.7 Å². The summed E-state index contributed by atoms with van der Waals surface area (Å²) in [7, 11) is 1.61. The Labute approximate surface area is 269 Å². The van der Waals surface area contributed by atoms with Crippen molar-refractivity contribution in [3.05, 3.63) is 123 Å². The molecule has 7 nitrogen and oxygen atoms in total. The average Bonchev–Trinajstić information content (AvgIpc) is 3.64. The smallest absolute Gasteiger partial charge is 0.338 e. The number of allylic oxidation sites excluding steroid dienone is 1. The summed E-state index contributed by atoms with van der Waals surface area (Å²) in [5.74, 6) is 0.750. The van der Waals surface area contributed by atoms with Crippen LogP contribution in [0.3, 0.4) is 0 Å². The van der Waals surface area contributed by atoms with Crippen molar-refractivity contribution in [1.82, 2.24) is 4.57 Å². The van der Waals surface area contributed by atoms with E-state index >= 15 is 0 Å². The summed E-state index contributed by atoms with van der Waals surface area (Å²) in [6, 6.07) is 21.5. The van der Waals surface area contributed by atoms with Crippen LogP contribution in [0.2, 0.25) is 0 Å². The zero-order chi connectivity index (χ0) is 30.1. The number of aromatic nitrogens is 1. The standard InChI is InChI=1S/C33H27IN2O5S2/c1-4-40-32(38)28-19(2)35-33-36(29(28)26-13-8-14-42-26)31(37)27(43-33)17-20-15-24(34)30(25(16-20)39-3)41-18-22-11-7-10-21-9-5-6-12-23(21)22/h5-17,29H,4,18H2,1-3H3/b27-17+/t29-/m1/s1. The molecule has 6 rings (SSSR count). The second-order valence-electron chi connectivity index (χ2n) is 9.78. The Morgan fingerprint density at radius 2 is 1.93 bits per heavy atom. The van der Waals surface area contributed by atoms with E-state index < -0.39 is 12.0 Å². The SMILES string of the molecule is CCOC(=O)C1=C(C)N=c2s/c(=C/c3cc(I)c(OCc4cccc5ccccc45)c(OC)c3)c(=O)n2[C@@H]1c1cccs1. The molecule has 0 aliphatic carbocycles. The summed E-state index contributed by atoms with van der Waals surface area (Å²) in [6.07, 6.45) is 1.83. The van der Waals surface area contributed by atoms with Gasteiger partial charge in [-0.1, -0.05) is 59.9 Å². The van der Waals surface area contributed by atoms with E-state index in [1.807, 2.05) is 53.9 Å². The number of benzene rings is 3. The number of methoxy groups -OCH3 is 1. The fourth-order valence-electron chi connectivity index (χ4n) is 5.19. The molecule has 0 saturated heterocycles. The highest BCUT2D eigenvalue weighted by Gasteiger charge is 2.33. The molecule has 0 amide bonds. The van der Waals surface area contributed by atoms with E-state index in [4.69, 9.17) is 14.2 Å². The predicted molar refractivity (Wildman–Crippen MR) is 179 cm³/mol. The lowest BCUT2D eigenvalue weighted by atomic mass is 10.0. The molecular weight excluding hydrogens is 695 g/mol. The normalized spacial score (nSPS) is 14.9. The van der Waals surface area contributed by atoms with Crippen molar-refractivity contribution in [2.75, 3.05) is 13.7 Å². The first kappa shape index (κ1) is 29.3. The highest BCUT2D eigenvalue weighted by Crippen LogP contribution is 2.36. The van der Waals surface area contributed by atoms with Crippen LogP contribution in [0.1, 0.15) is 35.9 Å². The van der Waals surface area contributed by atoms with Gasteiger partial charge in [0.1, 0.15) is 12.6 Å². The summed E-state index contributed by atoms with van der Waals surface area (Å²) < 4.78 is 20.3. The van der Waals surface area contributed by atoms with Crippen LogP contribution in [-0.2, 0) is 16.1 Å². The maximum Gasteiger partial charge on any atom is 0.338 e. The molecule has 0 spiro atoms. The first-order valence-corrected chi connectivity index (χ1v) is 16.4. The first-order valence-electron chi connectivity index (χ1n) is 13.6. The van der Waals surface area contributed by atoms with E-state index in [-0.39, 0.29) is 12.2 Å². The van der Waals surface area contributed by atoms with Crippen molar-refractivity contribution in [1.29, 1.82) is 0 Å². The molecule has 218 valence electrons. The average molecular weight is 723 g/mol. The van der Waals surface area contributed by atoms with Crippen LogP contribution in [0, 0.1) is 3.57 Å². The molecule has 1 aliphatic heterocycles. The van der Waals surface area contributed by atoms with Gasteiger partial charge in [0.15, 0.2) is 16.3 Å². The van der Waals surface area contributed by atoms with Crippen LogP contribution < -0.4 is 24.4 Å². The zero-order valence-corrected chi connectivity index (χ0v) is 27.4. The Balaban J connectivity index is 1.38. The Morgan fingerprint density at radius 1 is 1.12 bits per heavy atom. The molecule has 1 atom stereocenters. The fraction of sp³-hybridized carbons (Fsp3) is 0.182. The highest BCUT2D eigenvalue weighted by atomic mass is 127. The van der Waals surface area contributed by atoms with E-state index in [0.29, 0.717) is 38.7 Å². The number of ether oxygens (including phenoxy) is 3. The number of nitrogens with zero attached hydrogens (tertiary/aromatic N) is 2. The quantitative estimate of drug-likeness (QED) is 0.141. The maximum absolute atomic E-state index is 13.9. The number of carbonyl (C=O) groups excluding carboxylic acids is 1. The van der Waals surface area contributed by atoms with Crippen LogP contribution >= 0.6 is 45.3 Å². The van der Waals surface area contributed by atoms with Gasteiger partial charge in [0, 0.05) is 4.88 Å². The van der Waals surface area contributed by atoms with E-state index in [9.17, 15) is 9.59 Å². The Kier molecular flexibility index (Phi) is 8.51. The summed E-state index contributed by atoms with van der Waals surface area (Å²) in [5.41, 5.74) is 2.58. The minimum Gasteiger partial charge on any atom is -0.493 e. The fourth-order valence-corrected chi connectivity index (χ4v) is 7.84. The van der Waals surface area contributed by atoms with Crippen LogP contribution in [-0.4, -0.2) is 24.3 Å². The molecule has 3 heterocycles. The second-order valence-corrected chi connectivity index (χ2v) is 12.9. The summed E-state index contributed by atoms with van der Waals surface area (Å²) in [6.45, 7) is 4.17. The number of thiazole rings is 1. The highest BCUT2D eigenvalue weighted by molar-refractivity contribution is 14.1. The van der Waals surface area contributed by atoms with Gasteiger partial charge >= 0.3 is 5.97 Å². The number of esters is 1. The molecule has 5 aromatic rings. The Bertz CT molecular complexity index is 2060. The number of thiophene rings is 1. The van der Waals surface area contributed by atoms with Gasteiger partial charge in [0.05, 0.1) is 33.1 Å². The Hall–Kier alpha value is -3.74. The molecule has 0 bridgehead atoms. The van der Waals surface area contributed by atoms with Gasteiger partial charge in [-0.3, -0.25) is 9.36 Å². The van der Waals surface area contributed by atoms with E-state index in [0.717, 1.165) is 30.3 Å². The van der Waals surface area contributed by atoms with Crippen LogP contribution in [0.5, 0.6) is 11.5 Å². The number of hydrogen-bond acceptors (Lipinski definition) is 8. The minimum atomic E-state index is -0.600. The lowest BCUT2D eigenvalue weighted by Gasteiger charge is -2.23. The van der Waals surface area contributed by atoms with Crippen LogP contribution in [0.15, 0.2) is 93.2 Å². The third kappa shape index (κ3) is 5.66. The van der Waals surface area contributed by atoms with Gasteiger partial charge < -0.3 is 14.2 Å². The number of fused-ring (bicyclic) bond motifs is 2. The van der Waals surface area contributed by atoms with Crippen molar-refractivity contribution in [2.24, 2.45) is 4.99 Å². The summed E-state index contributed by atoms with van der Waals surface area (Å²) >= 11 is 5.01. The number of halogens is 1. The molecule has 2 aromatic heterocycles. The number of carbonyl (C=O) groups is 1. The number of hydrogen-bond donors (Lipinski definition) is 0. The summed E-state index contributed by atoms with van der Waals surface area (Å²) in [4.78, 5) is 32.9. The van der Waals surface area contributed by atoms with Gasteiger partial charge in [0.2, 0.25) is 0 Å². The molecule has 0 N–H and O–H groups in total. The maximum atomic E-state index is 13.9. The van der Waals surface area contributed by atoms with Gasteiger partial charge in [-0.15, -0.1) is 11.3 Å².